The van der Waals surface area contributed by atoms with Crippen molar-refractivity contribution in [3.05, 3.63) is 10.5 Å². The van der Waals surface area contributed by atoms with Crippen molar-refractivity contribution in [3.63, 3.8) is 0 Å². The molecule has 1 atom stereocenters. The summed E-state index contributed by atoms with van der Waals surface area (Å²) in [6.45, 7) is 2.32. The van der Waals surface area contributed by atoms with Gasteiger partial charge in [-0.15, -0.1) is 4.44 Å². The van der Waals surface area contributed by atoms with Crippen LogP contribution in [0, 0.1) is 5.92 Å². The lowest BCUT2D eigenvalue weighted by molar-refractivity contribution is 0.579. The van der Waals surface area contributed by atoms with Crippen LogP contribution in [0.15, 0.2) is 10.5 Å². The van der Waals surface area contributed by atoms with Gasteiger partial charge in [-0.3, -0.25) is 0 Å². The Bertz CT molecular complexity index is 105. The minimum absolute atomic E-state index is 0.885. The number of hydrogen-bond acceptors (Lipinski definition) is 0. The van der Waals surface area contributed by atoms with E-state index in [1.54, 1.807) is 4.44 Å². The highest BCUT2D eigenvalue weighted by atomic mass is 27.0. The molecular weight excluding hydrogens is 111 g/mol. The number of allylic oxidation sites excluding steroid dienone is 2. The van der Waals surface area contributed by atoms with Crippen LogP contribution in [0.3, 0.4) is 0 Å². The lowest BCUT2D eigenvalue weighted by Crippen LogP contribution is -1.99. The van der Waals surface area contributed by atoms with Crippen molar-refractivity contribution in [3.8, 4) is 0 Å². The molecule has 0 nitrogen and oxygen atoms in total. The van der Waals surface area contributed by atoms with Crippen molar-refractivity contribution in [1.82, 2.24) is 0 Å². The summed E-state index contributed by atoms with van der Waals surface area (Å²) in [5.41, 5.74) is 0. The molecule has 0 unspecified atom stereocenters. The standard InChI is InChI=1S/C7H11.Al.2H/c1-7-5-3-2-4-6-7;;;/h6-7H,2-3,5H2,1H3;;;/t7-;;;/m0.../s1. The average Bonchev–Trinajstić information content (AvgIpc) is 1.64. The molecule has 0 aliphatic heterocycles. The van der Waals surface area contributed by atoms with Gasteiger partial charge in [-0.1, -0.05) is 19.4 Å². The van der Waals surface area contributed by atoms with Crippen LogP contribution in [0.2, 0.25) is 0 Å². The minimum Gasteiger partial charge on any atom is -0.144 e. The third-order valence-corrected chi connectivity index (χ3v) is 2.63. The van der Waals surface area contributed by atoms with Gasteiger partial charge < -0.3 is 0 Å². The molecule has 8 heavy (non-hydrogen) atoms. The summed E-state index contributed by atoms with van der Waals surface area (Å²) in [6, 6.07) is 0. The Kier molecular flexibility index (Phi) is 2.17. The van der Waals surface area contributed by atoms with E-state index in [9.17, 15) is 0 Å². The summed E-state index contributed by atoms with van der Waals surface area (Å²) in [5.74, 6) is 0.885. The predicted molar refractivity (Wildman–Crippen MR) is 39.6 cm³/mol. The molecule has 0 saturated carbocycles. The maximum Gasteiger partial charge on any atom is 0.251 e. The largest absolute Gasteiger partial charge is 0.251 e. The molecule has 1 aliphatic carbocycles. The summed E-state index contributed by atoms with van der Waals surface area (Å²) < 4.78 is 1.73. The third-order valence-electron chi connectivity index (χ3n) is 1.80. The minimum atomic E-state index is 0.885. The van der Waals surface area contributed by atoms with Crippen molar-refractivity contribution >= 4 is 16.3 Å². The molecule has 1 rings (SSSR count). The van der Waals surface area contributed by atoms with Crippen LogP contribution in [0.5, 0.6) is 0 Å². The molecule has 0 radical (unpaired) electrons. The topological polar surface area (TPSA) is 0 Å². The zero-order valence-corrected chi connectivity index (χ0v) is 7.78. The molecule has 0 bridgehead atoms. The Morgan fingerprint density at radius 2 is 2.50 bits per heavy atom. The Balaban J connectivity index is 2.50. The highest BCUT2D eigenvalue weighted by molar-refractivity contribution is 6.21. The first-order valence-electron chi connectivity index (χ1n) is 3.46. The van der Waals surface area contributed by atoms with Crippen LogP contribution in [0.4, 0.5) is 0 Å². The molecular formula is C7H13Al. The molecule has 44 valence electrons. The van der Waals surface area contributed by atoms with Gasteiger partial charge in [0.25, 0.3) is 16.3 Å². The van der Waals surface area contributed by atoms with E-state index in [-0.39, 0.29) is 0 Å². The van der Waals surface area contributed by atoms with Gasteiger partial charge >= 0.3 is 0 Å². The molecule has 0 heterocycles. The van der Waals surface area contributed by atoms with Gasteiger partial charge in [0.15, 0.2) is 0 Å². The van der Waals surface area contributed by atoms with Crippen molar-refractivity contribution in [2.45, 2.75) is 26.2 Å². The van der Waals surface area contributed by atoms with Crippen molar-refractivity contribution in [2.75, 3.05) is 0 Å². The molecule has 1 heteroatoms. The van der Waals surface area contributed by atoms with E-state index in [1.165, 1.54) is 35.6 Å². The zero-order valence-electron chi connectivity index (χ0n) is 5.78. The van der Waals surface area contributed by atoms with Crippen molar-refractivity contribution in [1.29, 1.82) is 0 Å². The Morgan fingerprint density at radius 3 is 2.88 bits per heavy atom. The van der Waals surface area contributed by atoms with E-state index in [0.29, 0.717) is 0 Å². The molecule has 0 N–H and O–H groups in total. The quantitative estimate of drug-likeness (QED) is 0.427. The first-order chi connectivity index (χ1) is 3.79. The Morgan fingerprint density at radius 1 is 1.75 bits per heavy atom. The smallest absolute Gasteiger partial charge is 0.144 e. The predicted octanol–water partition coefficient (Wildman–Crippen LogP) is 1.32. The second-order valence-corrected chi connectivity index (χ2v) is 4.17. The fraction of sp³-hybridized carbons (Fsp3) is 0.714. The van der Waals surface area contributed by atoms with E-state index in [4.69, 9.17) is 0 Å². The molecule has 0 aromatic heterocycles. The molecule has 0 amide bonds. The molecule has 0 aromatic rings. The summed E-state index contributed by atoms with van der Waals surface area (Å²) in [6.07, 6.45) is 6.72. The maximum absolute atomic E-state index is 2.45. The van der Waals surface area contributed by atoms with Crippen LogP contribution in [0.25, 0.3) is 0 Å². The van der Waals surface area contributed by atoms with Gasteiger partial charge in [-0.05, 0) is 18.8 Å². The zero-order chi connectivity index (χ0) is 5.98. The van der Waals surface area contributed by atoms with Crippen LogP contribution in [-0.2, 0) is 0 Å². The van der Waals surface area contributed by atoms with E-state index in [2.05, 4.69) is 13.0 Å². The Labute approximate surface area is 59.4 Å². The Hall–Kier alpha value is 0.272. The fourth-order valence-electron chi connectivity index (χ4n) is 1.36. The van der Waals surface area contributed by atoms with Crippen LogP contribution < -0.4 is 0 Å². The van der Waals surface area contributed by atoms with Gasteiger partial charge in [-0.2, -0.15) is 0 Å². The lowest BCUT2D eigenvalue weighted by Gasteiger charge is -2.14. The van der Waals surface area contributed by atoms with Crippen LogP contribution in [0.1, 0.15) is 26.2 Å². The molecule has 1 aliphatic rings. The molecule has 0 spiro atoms. The van der Waals surface area contributed by atoms with E-state index >= 15 is 0 Å². The third kappa shape index (κ3) is 1.65. The summed E-state index contributed by atoms with van der Waals surface area (Å²) in [7, 11) is 0. The van der Waals surface area contributed by atoms with E-state index in [0.717, 1.165) is 5.92 Å². The highest BCUT2D eigenvalue weighted by Crippen LogP contribution is 2.19. The maximum atomic E-state index is 2.45. The van der Waals surface area contributed by atoms with E-state index in [1.807, 2.05) is 0 Å². The average molecular weight is 124 g/mol. The van der Waals surface area contributed by atoms with Gasteiger partial charge in [0, 0.05) is 0 Å². The normalized spacial score (nSPS) is 29.6. The van der Waals surface area contributed by atoms with Gasteiger partial charge in [0.1, 0.15) is 0 Å². The van der Waals surface area contributed by atoms with Gasteiger partial charge in [-0.25, -0.2) is 0 Å². The van der Waals surface area contributed by atoms with Crippen LogP contribution in [-0.4, -0.2) is 16.3 Å². The van der Waals surface area contributed by atoms with Gasteiger partial charge in [0.2, 0.25) is 0 Å². The van der Waals surface area contributed by atoms with E-state index < -0.39 is 0 Å². The van der Waals surface area contributed by atoms with Crippen molar-refractivity contribution < 1.29 is 0 Å². The first-order valence-corrected chi connectivity index (χ1v) is 4.46. The molecule has 0 saturated heterocycles. The summed E-state index contributed by atoms with van der Waals surface area (Å²) in [5, 5.41) is 0. The summed E-state index contributed by atoms with van der Waals surface area (Å²) >= 11 is 1.30. The second kappa shape index (κ2) is 2.71. The summed E-state index contributed by atoms with van der Waals surface area (Å²) in [4.78, 5) is 0. The number of hydrogen-bond donors (Lipinski definition) is 0. The number of rotatable bonds is 0. The van der Waals surface area contributed by atoms with Crippen molar-refractivity contribution in [2.24, 2.45) is 5.92 Å². The molecule has 0 fully saturated rings. The first kappa shape index (κ1) is 6.39. The highest BCUT2D eigenvalue weighted by Gasteiger charge is 2.03. The van der Waals surface area contributed by atoms with Crippen LogP contribution >= 0.6 is 0 Å². The monoisotopic (exact) mass is 124 g/mol. The SMILES string of the molecule is C[C@@H]1C=[C]([AlH2])CCC1. The second-order valence-electron chi connectivity index (χ2n) is 2.88. The fourth-order valence-corrected chi connectivity index (χ4v) is 2.28. The van der Waals surface area contributed by atoms with Gasteiger partial charge in [0.05, 0.1) is 0 Å². The lowest BCUT2D eigenvalue weighted by atomic mass is 9.98. The molecule has 0 aromatic carbocycles.